The summed E-state index contributed by atoms with van der Waals surface area (Å²) in [6.45, 7) is 2.02. The molecule has 94 valence electrons. The van der Waals surface area contributed by atoms with E-state index in [4.69, 9.17) is 10.5 Å². The number of hydrogen-bond acceptors (Lipinski definition) is 3. The molecule has 0 heterocycles. The lowest BCUT2D eigenvalue weighted by Gasteiger charge is -2.10. The Morgan fingerprint density at radius 1 is 1.06 bits per heavy atom. The van der Waals surface area contributed by atoms with Crippen LogP contribution in [0.25, 0.3) is 0 Å². The normalized spacial score (nSPS) is 10.2. The summed E-state index contributed by atoms with van der Waals surface area (Å²) in [4.78, 5) is 0. The third-order valence-electron chi connectivity index (χ3n) is 2.50. The van der Waals surface area contributed by atoms with E-state index in [1.165, 1.54) is 0 Å². The average molecular weight is 307 g/mol. The standard InChI is InChI=1S/C14H15BrN2O/c1-9-3-11(16)7-12(4-9)17-13-5-10(15)6-14(8-13)18-2/h3-8,17H,16H2,1-2H3. The highest BCUT2D eigenvalue weighted by molar-refractivity contribution is 9.10. The van der Waals surface area contributed by atoms with E-state index >= 15 is 0 Å². The maximum atomic E-state index is 5.83. The Kier molecular flexibility index (Phi) is 3.77. The summed E-state index contributed by atoms with van der Waals surface area (Å²) in [5, 5.41) is 3.31. The molecule has 0 bridgehead atoms. The van der Waals surface area contributed by atoms with E-state index in [1.807, 2.05) is 43.3 Å². The quantitative estimate of drug-likeness (QED) is 0.840. The fourth-order valence-electron chi connectivity index (χ4n) is 1.80. The molecule has 4 heteroatoms. The summed E-state index contributed by atoms with van der Waals surface area (Å²) in [7, 11) is 1.65. The van der Waals surface area contributed by atoms with Crippen LogP contribution in [-0.4, -0.2) is 7.11 Å². The number of methoxy groups -OCH3 is 1. The predicted octanol–water partition coefficient (Wildman–Crippen LogP) is 4.09. The van der Waals surface area contributed by atoms with Gasteiger partial charge in [-0.2, -0.15) is 0 Å². The Labute approximate surface area is 115 Å². The number of halogens is 1. The minimum atomic E-state index is 0.750. The van der Waals surface area contributed by atoms with Gasteiger partial charge in [0.15, 0.2) is 0 Å². The van der Waals surface area contributed by atoms with Gasteiger partial charge < -0.3 is 15.8 Å². The number of ether oxygens (including phenoxy) is 1. The number of nitrogens with one attached hydrogen (secondary N) is 1. The molecular formula is C14H15BrN2O. The van der Waals surface area contributed by atoms with Crippen LogP contribution in [0.15, 0.2) is 40.9 Å². The van der Waals surface area contributed by atoms with Crippen LogP contribution in [0.5, 0.6) is 5.75 Å². The molecule has 0 atom stereocenters. The second-order valence-electron chi connectivity index (χ2n) is 4.14. The number of aryl methyl sites for hydroxylation is 1. The highest BCUT2D eigenvalue weighted by atomic mass is 79.9. The molecule has 3 N–H and O–H groups in total. The molecule has 0 aliphatic rings. The van der Waals surface area contributed by atoms with Crippen molar-refractivity contribution in [1.29, 1.82) is 0 Å². The van der Waals surface area contributed by atoms with Crippen LogP contribution >= 0.6 is 15.9 Å². The second kappa shape index (κ2) is 5.31. The molecule has 0 fully saturated rings. The van der Waals surface area contributed by atoms with Crippen molar-refractivity contribution in [3.63, 3.8) is 0 Å². The minimum Gasteiger partial charge on any atom is -0.497 e. The van der Waals surface area contributed by atoms with Crippen molar-refractivity contribution in [2.24, 2.45) is 0 Å². The van der Waals surface area contributed by atoms with E-state index in [0.717, 1.165) is 32.8 Å². The van der Waals surface area contributed by atoms with Gasteiger partial charge >= 0.3 is 0 Å². The highest BCUT2D eigenvalue weighted by Gasteiger charge is 2.01. The van der Waals surface area contributed by atoms with E-state index in [-0.39, 0.29) is 0 Å². The first-order chi connectivity index (χ1) is 8.56. The molecule has 0 spiro atoms. The SMILES string of the molecule is COc1cc(Br)cc(Nc2cc(C)cc(N)c2)c1. The maximum absolute atomic E-state index is 5.83. The van der Waals surface area contributed by atoms with Gasteiger partial charge in [-0.3, -0.25) is 0 Å². The smallest absolute Gasteiger partial charge is 0.122 e. The average Bonchev–Trinajstić information content (AvgIpc) is 2.26. The molecule has 0 aliphatic carbocycles. The zero-order valence-electron chi connectivity index (χ0n) is 10.3. The molecule has 0 aromatic heterocycles. The molecule has 2 aromatic carbocycles. The van der Waals surface area contributed by atoms with Crippen LogP contribution in [0.3, 0.4) is 0 Å². The number of rotatable bonds is 3. The first-order valence-electron chi connectivity index (χ1n) is 5.55. The van der Waals surface area contributed by atoms with Crippen molar-refractivity contribution in [3.8, 4) is 5.75 Å². The van der Waals surface area contributed by atoms with Gasteiger partial charge in [0.05, 0.1) is 7.11 Å². The van der Waals surface area contributed by atoms with Crippen molar-refractivity contribution in [2.45, 2.75) is 6.92 Å². The Morgan fingerprint density at radius 3 is 2.44 bits per heavy atom. The monoisotopic (exact) mass is 306 g/mol. The summed E-state index contributed by atoms with van der Waals surface area (Å²) in [6.07, 6.45) is 0. The van der Waals surface area contributed by atoms with Crippen molar-refractivity contribution in [3.05, 3.63) is 46.4 Å². The number of nitrogen functional groups attached to an aromatic ring is 1. The minimum absolute atomic E-state index is 0.750. The fourth-order valence-corrected chi connectivity index (χ4v) is 2.28. The van der Waals surface area contributed by atoms with E-state index in [2.05, 4.69) is 21.2 Å². The van der Waals surface area contributed by atoms with Gasteiger partial charge in [-0.1, -0.05) is 15.9 Å². The summed E-state index contributed by atoms with van der Waals surface area (Å²) in [5.74, 6) is 0.799. The number of benzene rings is 2. The van der Waals surface area contributed by atoms with Crippen molar-refractivity contribution in [1.82, 2.24) is 0 Å². The molecule has 0 aliphatic heterocycles. The Balaban J connectivity index is 2.30. The summed E-state index contributed by atoms with van der Waals surface area (Å²) < 4.78 is 6.19. The lowest BCUT2D eigenvalue weighted by Crippen LogP contribution is -1.94. The largest absolute Gasteiger partial charge is 0.497 e. The van der Waals surface area contributed by atoms with Crippen LogP contribution in [-0.2, 0) is 0 Å². The molecule has 0 unspecified atom stereocenters. The first-order valence-corrected chi connectivity index (χ1v) is 6.35. The molecule has 2 rings (SSSR count). The topological polar surface area (TPSA) is 47.3 Å². The third kappa shape index (κ3) is 3.17. The number of anilines is 3. The van der Waals surface area contributed by atoms with Crippen LogP contribution < -0.4 is 15.8 Å². The zero-order chi connectivity index (χ0) is 13.1. The molecule has 0 saturated heterocycles. The predicted molar refractivity (Wildman–Crippen MR) is 79.6 cm³/mol. The van der Waals surface area contributed by atoms with Crippen molar-refractivity contribution >= 4 is 33.0 Å². The van der Waals surface area contributed by atoms with E-state index in [1.54, 1.807) is 7.11 Å². The number of nitrogens with two attached hydrogens (primary N) is 1. The fraction of sp³-hybridized carbons (Fsp3) is 0.143. The molecule has 0 radical (unpaired) electrons. The molecular weight excluding hydrogens is 292 g/mol. The number of hydrogen-bond donors (Lipinski definition) is 2. The lowest BCUT2D eigenvalue weighted by molar-refractivity contribution is 0.415. The first kappa shape index (κ1) is 12.8. The van der Waals surface area contributed by atoms with Gasteiger partial charge in [-0.05, 0) is 42.8 Å². The van der Waals surface area contributed by atoms with Gasteiger partial charge in [0.2, 0.25) is 0 Å². The molecule has 18 heavy (non-hydrogen) atoms. The Morgan fingerprint density at radius 2 is 1.78 bits per heavy atom. The van der Waals surface area contributed by atoms with Gasteiger partial charge in [-0.25, -0.2) is 0 Å². The van der Waals surface area contributed by atoms with Crippen LogP contribution in [0.1, 0.15) is 5.56 Å². The third-order valence-corrected chi connectivity index (χ3v) is 2.95. The maximum Gasteiger partial charge on any atom is 0.122 e. The van der Waals surface area contributed by atoms with Crippen LogP contribution in [0.4, 0.5) is 17.1 Å². The Hall–Kier alpha value is -1.68. The van der Waals surface area contributed by atoms with Gasteiger partial charge in [-0.15, -0.1) is 0 Å². The molecule has 3 nitrogen and oxygen atoms in total. The molecule has 0 saturated carbocycles. The summed E-state index contributed by atoms with van der Waals surface area (Å²) in [5.41, 5.74) is 9.61. The summed E-state index contributed by atoms with van der Waals surface area (Å²) in [6, 6.07) is 11.7. The van der Waals surface area contributed by atoms with E-state index in [0.29, 0.717) is 0 Å². The van der Waals surface area contributed by atoms with Gasteiger partial charge in [0, 0.05) is 27.6 Å². The highest BCUT2D eigenvalue weighted by Crippen LogP contribution is 2.27. The molecule has 2 aromatic rings. The van der Waals surface area contributed by atoms with E-state index < -0.39 is 0 Å². The zero-order valence-corrected chi connectivity index (χ0v) is 11.9. The van der Waals surface area contributed by atoms with Gasteiger partial charge in [0.25, 0.3) is 0 Å². The van der Waals surface area contributed by atoms with Crippen LogP contribution in [0.2, 0.25) is 0 Å². The molecule has 0 amide bonds. The van der Waals surface area contributed by atoms with Crippen molar-refractivity contribution < 1.29 is 4.74 Å². The van der Waals surface area contributed by atoms with E-state index in [9.17, 15) is 0 Å². The lowest BCUT2D eigenvalue weighted by atomic mass is 10.2. The van der Waals surface area contributed by atoms with Gasteiger partial charge in [0.1, 0.15) is 5.75 Å². The Bertz CT molecular complexity index is 549. The van der Waals surface area contributed by atoms with Crippen molar-refractivity contribution in [2.75, 3.05) is 18.2 Å². The second-order valence-corrected chi connectivity index (χ2v) is 5.05. The van der Waals surface area contributed by atoms with Crippen LogP contribution in [0, 0.1) is 6.92 Å². The summed E-state index contributed by atoms with van der Waals surface area (Å²) >= 11 is 3.45.